The minimum atomic E-state index is -2.86. The van der Waals surface area contributed by atoms with E-state index in [2.05, 4.69) is 14.7 Å². The molecule has 1 aromatic carbocycles. The third kappa shape index (κ3) is 3.01. The zero-order chi connectivity index (χ0) is 14.7. The lowest BCUT2D eigenvalue weighted by Crippen LogP contribution is -2.16. The van der Waals surface area contributed by atoms with Gasteiger partial charge in [-0.25, -0.2) is 4.98 Å². The van der Waals surface area contributed by atoms with Crippen LogP contribution in [0.3, 0.4) is 0 Å². The van der Waals surface area contributed by atoms with Gasteiger partial charge in [-0.1, -0.05) is 6.92 Å². The summed E-state index contributed by atoms with van der Waals surface area (Å²) < 4.78 is 28.4. The monoisotopic (exact) mass is 280 g/mol. The molecule has 0 saturated heterocycles. The number of aryl methyl sites for hydroxylation is 1. The number of nitrogens with one attached hydrogen (secondary N) is 1. The van der Waals surface area contributed by atoms with Crippen LogP contribution in [-0.2, 0) is 6.42 Å². The second-order valence-electron chi connectivity index (χ2n) is 4.23. The first-order chi connectivity index (χ1) is 9.51. The lowest BCUT2D eigenvalue weighted by molar-refractivity contribution is -0.0498. The minimum Gasteiger partial charge on any atom is -0.435 e. The molecule has 1 heterocycles. The molecule has 0 fully saturated rings. The normalized spacial score (nSPS) is 10.8. The second kappa shape index (κ2) is 5.81. The van der Waals surface area contributed by atoms with Crippen molar-refractivity contribution in [3.05, 3.63) is 45.9 Å². The lowest BCUT2D eigenvalue weighted by Gasteiger charge is -2.07. The number of nitrogens with zero attached hydrogens (tertiary/aromatic N) is 1. The molecule has 0 saturated carbocycles. The first-order valence-corrected chi connectivity index (χ1v) is 6.16. The van der Waals surface area contributed by atoms with E-state index in [1.807, 2.05) is 6.92 Å². The van der Waals surface area contributed by atoms with Crippen molar-refractivity contribution in [2.24, 2.45) is 0 Å². The van der Waals surface area contributed by atoms with E-state index in [0.29, 0.717) is 29.1 Å². The quantitative estimate of drug-likeness (QED) is 0.936. The van der Waals surface area contributed by atoms with Crippen LogP contribution in [0.2, 0.25) is 0 Å². The molecule has 6 heteroatoms. The van der Waals surface area contributed by atoms with Crippen molar-refractivity contribution >= 4 is 0 Å². The highest BCUT2D eigenvalue weighted by Crippen LogP contribution is 2.20. The van der Waals surface area contributed by atoms with Gasteiger partial charge in [-0.15, -0.1) is 0 Å². The summed E-state index contributed by atoms with van der Waals surface area (Å²) in [6.07, 6.45) is 0.607. The summed E-state index contributed by atoms with van der Waals surface area (Å²) in [6, 6.07) is 5.96. The molecule has 0 radical (unpaired) electrons. The van der Waals surface area contributed by atoms with Crippen molar-refractivity contribution in [2.75, 3.05) is 0 Å². The summed E-state index contributed by atoms with van der Waals surface area (Å²) in [5.74, 6) is 0.473. The van der Waals surface area contributed by atoms with E-state index in [1.54, 1.807) is 19.1 Å². The van der Waals surface area contributed by atoms with Gasteiger partial charge < -0.3 is 9.72 Å². The van der Waals surface area contributed by atoms with Gasteiger partial charge in [-0.05, 0) is 37.6 Å². The molecule has 0 amide bonds. The number of hydrogen-bond acceptors (Lipinski definition) is 3. The number of halogens is 2. The highest BCUT2D eigenvalue weighted by molar-refractivity contribution is 5.56. The average molecular weight is 280 g/mol. The summed E-state index contributed by atoms with van der Waals surface area (Å²) in [5, 5.41) is 0. The van der Waals surface area contributed by atoms with Gasteiger partial charge in [-0.2, -0.15) is 8.78 Å². The fourth-order valence-electron chi connectivity index (χ4n) is 1.96. The zero-order valence-corrected chi connectivity index (χ0v) is 11.1. The van der Waals surface area contributed by atoms with Gasteiger partial charge in [0.15, 0.2) is 0 Å². The molecule has 2 rings (SSSR count). The highest BCUT2D eigenvalue weighted by Gasteiger charge is 2.09. The predicted molar refractivity (Wildman–Crippen MR) is 71.0 cm³/mol. The minimum absolute atomic E-state index is 0.0630. The summed E-state index contributed by atoms with van der Waals surface area (Å²) in [7, 11) is 0. The molecule has 0 atom stereocenters. The molecule has 0 aliphatic carbocycles. The van der Waals surface area contributed by atoms with Gasteiger partial charge in [0.25, 0.3) is 5.56 Å². The van der Waals surface area contributed by atoms with Crippen molar-refractivity contribution in [1.29, 1.82) is 0 Å². The van der Waals surface area contributed by atoms with Crippen LogP contribution in [-0.4, -0.2) is 16.6 Å². The molecule has 1 N–H and O–H groups in total. The van der Waals surface area contributed by atoms with Crippen LogP contribution >= 0.6 is 0 Å². The third-order valence-electron chi connectivity index (χ3n) is 2.93. The molecular weight excluding hydrogens is 266 g/mol. The maximum absolute atomic E-state index is 12.1. The highest BCUT2D eigenvalue weighted by atomic mass is 19.3. The molecular formula is C14H14F2N2O2. The molecule has 2 aromatic rings. The first-order valence-electron chi connectivity index (χ1n) is 6.16. The van der Waals surface area contributed by atoms with Crippen molar-refractivity contribution in [1.82, 2.24) is 9.97 Å². The summed E-state index contributed by atoms with van der Waals surface area (Å²) in [4.78, 5) is 18.9. The summed E-state index contributed by atoms with van der Waals surface area (Å²) in [5.41, 5.74) is 1.77. The zero-order valence-electron chi connectivity index (χ0n) is 11.1. The Labute approximate surface area is 114 Å². The number of aromatic nitrogens is 2. The standard InChI is InChI=1S/C14H14F2N2O2/c1-3-11-8(2)17-12(18-13(11)19)9-4-6-10(7-5-9)20-14(15)16/h4-7,14H,3H2,1-2H3,(H,17,18,19). The number of H-pyrrole nitrogens is 1. The fraction of sp³-hybridized carbons (Fsp3) is 0.286. The molecule has 20 heavy (non-hydrogen) atoms. The molecule has 4 nitrogen and oxygen atoms in total. The molecule has 0 unspecified atom stereocenters. The molecule has 0 aliphatic rings. The summed E-state index contributed by atoms with van der Waals surface area (Å²) >= 11 is 0. The number of aromatic amines is 1. The Morgan fingerprint density at radius 1 is 1.30 bits per heavy atom. The van der Waals surface area contributed by atoms with Gasteiger partial charge in [0.1, 0.15) is 11.6 Å². The van der Waals surface area contributed by atoms with Crippen LogP contribution in [0, 0.1) is 6.92 Å². The molecule has 0 bridgehead atoms. The van der Waals surface area contributed by atoms with Crippen LogP contribution in [0.5, 0.6) is 5.75 Å². The van der Waals surface area contributed by atoms with E-state index >= 15 is 0 Å². The third-order valence-corrected chi connectivity index (χ3v) is 2.93. The van der Waals surface area contributed by atoms with Crippen LogP contribution in [0.25, 0.3) is 11.4 Å². The SMILES string of the molecule is CCc1c(C)nc(-c2ccc(OC(F)F)cc2)[nH]c1=O. The molecule has 0 spiro atoms. The Bertz CT molecular complexity index is 651. The first kappa shape index (κ1) is 14.2. The molecule has 106 valence electrons. The van der Waals surface area contributed by atoms with Gasteiger partial charge in [0, 0.05) is 16.8 Å². The van der Waals surface area contributed by atoms with E-state index in [4.69, 9.17) is 0 Å². The van der Waals surface area contributed by atoms with E-state index < -0.39 is 6.61 Å². The van der Waals surface area contributed by atoms with Crippen molar-refractivity contribution in [2.45, 2.75) is 26.9 Å². The predicted octanol–water partition coefficient (Wildman–Crippen LogP) is 2.91. The Kier molecular flexibility index (Phi) is 4.12. The van der Waals surface area contributed by atoms with Gasteiger partial charge in [-0.3, -0.25) is 4.79 Å². The largest absolute Gasteiger partial charge is 0.435 e. The number of hydrogen-bond donors (Lipinski definition) is 1. The smallest absolute Gasteiger partial charge is 0.387 e. The number of alkyl halides is 2. The number of rotatable bonds is 4. The topological polar surface area (TPSA) is 55.0 Å². The Balaban J connectivity index is 2.35. The van der Waals surface area contributed by atoms with E-state index in [-0.39, 0.29) is 11.3 Å². The van der Waals surface area contributed by atoms with E-state index in [1.165, 1.54) is 12.1 Å². The molecule has 0 aliphatic heterocycles. The van der Waals surface area contributed by atoms with Gasteiger partial charge in [0.2, 0.25) is 0 Å². The Morgan fingerprint density at radius 2 is 1.95 bits per heavy atom. The van der Waals surface area contributed by atoms with Crippen LogP contribution in [0.15, 0.2) is 29.1 Å². The maximum atomic E-state index is 12.1. The van der Waals surface area contributed by atoms with Crippen LogP contribution in [0.1, 0.15) is 18.2 Å². The number of ether oxygens (including phenoxy) is 1. The van der Waals surface area contributed by atoms with Crippen molar-refractivity contribution < 1.29 is 13.5 Å². The number of benzene rings is 1. The molecule has 1 aromatic heterocycles. The van der Waals surface area contributed by atoms with E-state index in [0.717, 1.165) is 0 Å². The van der Waals surface area contributed by atoms with Gasteiger partial charge in [0.05, 0.1) is 0 Å². The lowest BCUT2D eigenvalue weighted by atomic mass is 10.1. The Morgan fingerprint density at radius 3 is 2.45 bits per heavy atom. The second-order valence-corrected chi connectivity index (χ2v) is 4.23. The van der Waals surface area contributed by atoms with Gasteiger partial charge >= 0.3 is 6.61 Å². The Hall–Kier alpha value is -2.24. The maximum Gasteiger partial charge on any atom is 0.387 e. The van der Waals surface area contributed by atoms with Crippen molar-refractivity contribution in [3.63, 3.8) is 0 Å². The van der Waals surface area contributed by atoms with Crippen molar-refractivity contribution in [3.8, 4) is 17.1 Å². The van der Waals surface area contributed by atoms with Crippen LogP contribution in [0.4, 0.5) is 8.78 Å². The summed E-state index contributed by atoms with van der Waals surface area (Å²) in [6.45, 7) is 0.797. The average Bonchev–Trinajstić information content (AvgIpc) is 2.38. The van der Waals surface area contributed by atoms with E-state index in [9.17, 15) is 13.6 Å². The van der Waals surface area contributed by atoms with Crippen LogP contribution < -0.4 is 10.3 Å². The fourth-order valence-corrected chi connectivity index (χ4v) is 1.96.